The molecule has 0 spiro atoms. The van der Waals surface area contributed by atoms with Gasteiger partial charge < -0.3 is 10.5 Å². The lowest BCUT2D eigenvalue weighted by atomic mass is 10.3. The van der Waals surface area contributed by atoms with Crippen LogP contribution in [0.25, 0.3) is 0 Å². The monoisotopic (exact) mass is 295 g/mol. The van der Waals surface area contributed by atoms with Crippen LogP contribution >= 0.6 is 23.8 Å². The van der Waals surface area contributed by atoms with Gasteiger partial charge in [0.05, 0.1) is 0 Å². The Labute approximate surface area is 117 Å². The van der Waals surface area contributed by atoms with Gasteiger partial charge in [0, 0.05) is 0 Å². The van der Waals surface area contributed by atoms with Gasteiger partial charge in [0.2, 0.25) is 0 Å². The Hall–Kier alpha value is -2.19. The van der Waals surface area contributed by atoms with Crippen LogP contribution in [0.3, 0.4) is 0 Å². The summed E-state index contributed by atoms with van der Waals surface area (Å²) in [6, 6.07) is 8.53. The Balaban J connectivity index is 2.12. The fourth-order valence-electron chi connectivity index (χ4n) is 1.33. The van der Waals surface area contributed by atoms with Gasteiger partial charge in [-0.2, -0.15) is 0 Å². The molecule has 4 N–H and O–H groups in total. The number of carbonyl (C=O) groups is 2. The second-order valence-corrected chi connectivity index (χ2v) is 4.65. The standard InChI is InChI=1S/C11H9N3O3S2/c12-8(15)7-9(18)14-19-10(7)13-11(16)17-6-4-2-1-3-5-6/h1-5H,(H2,12,15)(H,13,16)(H,14,18). The summed E-state index contributed by atoms with van der Waals surface area (Å²) in [5, 5.41) is 2.65. The van der Waals surface area contributed by atoms with Gasteiger partial charge in [-0.3, -0.25) is 14.5 Å². The molecule has 8 heteroatoms. The summed E-state index contributed by atoms with van der Waals surface area (Å²) in [5.41, 5.74) is 5.25. The van der Waals surface area contributed by atoms with Crippen molar-refractivity contribution in [3.63, 3.8) is 0 Å². The molecule has 2 rings (SSSR count). The highest BCUT2D eigenvalue weighted by Gasteiger charge is 2.16. The van der Waals surface area contributed by atoms with Crippen molar-refractivity contribution in [2.24, 2.45) is 5.73 Å². The average Bonchev–Trinajstić information content (AvgIpc) is 2.71. The number of para-hydroxylation sites is 1. The number of primary amides is 1. The van der Waals surface area contributed by atoms with E-state index in [1.807, 2.05) is 0 Å². The van der Waals surface area contributed by atoms with Crippen LogP contribution in [-0.4, -0.2) is 16.4 Å². The first-order valence-corrected chi connectivity index (χ1v) is 6.35. The lowest BCUT2D eigenvalue weighted by molar-refractivity contribution is 0.100. The molecule has 6 nitrogen and oxygen atoms in total. The summed E-state index contributed by atoms with van der Waals surface area (Å²) in [5.74, 6) is -0.322. The van der Waals surface area contributed by atoms with Crippen LogP contribution < -0.4 is 15.8 Å². The Morgan fingerprint density at radius 2 is 2.00 bits per heavy atom. The highest BCUT2D eigenvalue weighted by atomic mass is 32.1. The van der Waals surface area contributed by atoms with Crippen molar-refractivity contribution in [2.45, 2.75) is 0 Å². The number of amides is 2. The number of aromatic nitrogens is 1. The van der Waals surface area contributed by atoms with Crippen LogP contribution in [0.15, 0.2) is 30.3 Å². The summed E-state index contributed by atoms with van der Waals surface area (Å²) in [4.78, 5) is 22.8. The van der Waals surface area contributed by atoms with E-state index in [0.717, 1.165) is 11.5 Å². The van der Waals surface area contributed by atoms with Gasteiger partial charge in [0.25, 0.3) is 5.91 Å². The van der Waals surface area contributed by atoms with E-state index in [9.17, 15) is 9.59 Å². The number of benzene rings is 1. The van der Waals surface area contributed by atoms with Crippen LogP contribution in [0.4, 0.5) is 9.80 Å². The molecule has 0 unspecified atom stereocenters. The number of ether oxygens (including phenoxy) is 1. The van der Waals surface area contributed by atoms with E-state index in [1.54, 1.807) is 30.3 Å². The number of H-pyrrole nitrogens is 1. The van der Waals surface area contributed by atoms with Gasteiger partial charge in [-0.25, -0.2) is 4.79 Å². The molecule has 0 saturated carbocycles. The first-order chi connectivity index (χ1) is 9.08. The Bertz CT molecular complexity index is 663. The van der Waals surface area contributed by atoms with Crippen LogP contribution in [0.2, 0.25) is 0 Å². The minimum Gasteiger partial charge on any atom is -0.410 e. The highest BCUT2D eigenvalue weighted by Crippen LogP contribution is 2.22. The lowest BCUT2D eigenvalue weighted by Crippen LogP contribution is -2.19. The summed E-state index contributed by atoms with van der Waals surface area (Å²) in [7, 11) is 0. The van der Waals surface area contributed by atoms with Gasteiger partial charge in [0.1, 0.15) is 21.0 Å². The third-order valence-corrected chi connectivity index (χ3v) is 3.37. The van der Waals surface area contributed by atoms with E-state index >= 15 is 0 Å². The number of nitrogens with two attached hydrogens (primary N) is 1. The molecule has 0 saturated heterocycles. The number of hydrogen-bond donors (Lipinski definition) is 3. The predicted molar refractivity (Wildman–Crippen MR) is 74.1 cm³/mol. The normalized spacial score (nSPS) is 9.89. The molecule has 0 aliphatic carbocycles. The molecular weight excluding hydrogens is 286 g/mol. The summed E-state index contributed by atoms with van der Waals surface area (Å²) < 4.78 is 7.88. The lowest BCUT2D eigenvalue weighted by Gasteiger charge is -2.05. The topological polar surface area (TPSA) is 97.2 Å². The molecule has 1 heterocycles. The number of hydrogen-bond acceptors (Lipinski definition) is 5. The van der Waals surface area contributed by atoms with Gasteiger partial charge in [-0.1, -0.05) is 30.4 Å². The second-order valence-electron chi connectivity index (χ2n) is 3.43. The zero-order chi connectivity index (χ0) is 13.8. The number of nitrogens with one attached hydrogen (secondary N) is 2. The molecule has 98 valence electrons. The van der Waals surface area contributed by atoms with Crippen LogP contribution in [0.5, 0.6) is 5.75 Å². The molecule has 0 aliphatic heterocycles. The van der Waals surface area contributed by atoms with E-state index in [2.05, 4.69) is 9.69 Å². The molecule has 1 aromatic heterocycles. The highest BCUT2D eigenvalue weighted by molar-refractivity contribution is 7.71. The third-order valence-electron chi connectivity index (χ3n) is 2.12. The molecule has 2 aromatic rings. The third kappa shape index (κ3) is 3.18. The maximum Gasteiger partial charge on any atom is 0.417 e. The molecule has 0 atom stereocenters. The number of carbonyl (C=O) groups excluding carboxylic acids is 2. The number of rotatable bonds is 3. The SMILES string of the molecule is NC(=O)c1c(NC(=O)Oc2ccccc2)s[nH]c1=S. The van der Waals surface area contributed by atoms with Crippen LogP contribution in [-0.2, 0) is 0 Å². The molecule has 2 amide bonds. The van der Waals surface area contributed by atoms with Crippen molar-refractivity contribution in [3.8, 4) is 5.75 Å². The maximum atomic E-state index is 11.6. The molecule has 19 heavy (non-hydrogen) atoms. The van der Waals surface area contributed by atoms with Crippen LogP contribution in [0.1, 0.15) is 10.4 Å². The first-order valence-electron chi connectivity index (χ1n) is 5.13. The quantitative estimate of drug-likeness (QED) is 0.758. The largest absolute Gasteiger partial charge is 0.417 e. The minimum absolute atomic E-state index is 0.0741. The Morgan fingerprint density at radius 3 is 2.63 bits per heavy atom. The van der Waals surface area contributed by atoms with E-state index in [0.29, 0.717) is 5.75 Å². The average molecular weight is 295 g/mol. The smallest absolute Gasteiger partial charge is 0.410 e. The Kier molecular flexibility index (Phi) is 3.93. The zero-order valence-electron chi connectivity index (χ0n) is 9.51. The second kappa shape index (κ2) is 5.63. The van der Waals surface area contributed by atoms with Crippen molar-refractivity contribution in [2.75, 3.05) is 5.32 Å². The Morgan fingerprint density at radius 1 is 1.32 bits per heavy atom. The summed E-state index contributed by atoms with van der Waals surface area (Å²) in [6.45, 7) is 0. The van der Waals surface area contributed by atoms with Gasteiger partial charge in [-0.05, 0) is 23.7 Å². The van der Waals surface area contributed by atoms with Gasteiger partial charge in [-0.15, -0.1) is 0 Å². The molecule has 0 fully saturated rings. The van der Waals surface area contributed by atoms with Crippen LogP contribution in [0, 0.1) is 4.64 Å². The molecular formula is C11H9N3O3S2. The number of anilines is 1. The van der Waals surface area contributed by atoms with E-state index in [1.165, 1.54) is 0 Å². The van der Waals surface area contributed by atoms with Crippen molar-refractivity contribution >= 4 is 40.8 Å². The first kappa shape index (κ1) is 13.2. The number of aromatic amines is 1. The van der Waals surface area contributed by atoms with E-state index in [-0.39, 0.29) is 15.2 Å². The van der Waals surface area contributed by atoms with Crippen molar-refractivity contribution in [3.05, 3.63) is 40.5 Å². The summed E-state index contributed by atoms with van der Waals surface area (Å²) in [6.07, 6.45) is -0.723. The molecule has 1 aromatic carbocycles. The maximum absolute atomic E-state index is 11.6. The summed E-state index contributed by atoms with van der Waals surface area (Å²) >= 11 is 5.89. The van der Waals surface area contributed by atoms with Gasteiger partial charge in [0.15, 0.2) is 0 Å². The van der Waals surface area contributed by atoms with Gasteiger partial charge >= 0.3 is 6.09 Å². The van der Waals surface area contributed by atoms with E-state index < -0.39 is 12.0 Å². The fraction of sp³-hybridized carbons (Fsp3) is 0. The van der Waals surface area contributed by atoms with E-state index in [4.69, 9.17) is 22.7 Å². The molecule has 0 bridgehead atoms. The van der Waals surface area contributed by atoms with Crippen molar-refractivity contribution in [1.29, 1.82) is 0 Å². The molecule has 0 radical (unpaired) electrons. The zero-order valence-corrected chi connectivity index (χ0v) is 11.1. The van der Waals surface area contributed by atoms with Crippen molar-refractivity contribution < 1.29 is 14.3 Å². The molecule has 0 aliphatic rings. The predicted octanol–water partition coefficient (Wildman–Crippen LogP) is 2.52. The van der Waals surface area contributed by atoms with Crippen molar-refractivity contribution in [1.82, 2.24) is 4.37 Å². The minimum atomic E-state index is -0.723. The fourth-order valence-corrected chi connectivity index (χ4v) is 2.46.